The normalized spacial score (nSPS) is 16.7. The van der Waals surface area contributed by atoms with Gasteiger partial charge < -0.3 is 19.5 Å². The van der Waals surface area contributed by atoms with Gasteiger partial charge in [0.1, 0.15) is 18.5 Å². The molecule has 0 bridgehead atoms. The Bertz CT molecular complexity index is 814. The Morgan fingerprint density at radius 1 is 1.33 bits per heavy atom. The summed E-state index contributed by atoms with van der Waals surface area (Å²) in [6.07, 6.45) is -0.152. The van der Waals surface area contributed by atoms with Gasteiger partial charge in [-0.3, -0.25) is 9.69 Å². The highest BCUT2D eigenvalue weighted by Gasteiger charge is 2.26. The van der Waals surface area contributed by atoms with Crippen molar-refractivity contribution in [2.75, 3.05) is 32.6 Å². The van der Waals surface area contributed by atoms with Gasteiger partial charge in [0.15, 0.2) is 11.5 Å². The standard InChI is InChI=1S/C20H23ClN2O4/c1-13(20(24)22-16-10-14(21)8-9-17(16)25-3)23(2)11-15-12-26-18-6-4-5-7-19(18)27-15/h4-10,13,15H,11-12H2,1-3H3,(H,22,24)/t13-,15-/m1/s1. The van der Waals surface area contributed by atoms with Crippen molar-refractivity contribution in [3.8, 4) is 17.2 Å². The zero-order chi connectivity index (χ0) is 19.4. The number of hydrogen-bond acceptors (Lipinski definition) is 5. The number of ether oxygens (including phenoxy) is 3. The molecule has 1 heterocycles. The van der Waals surface area contributed by atoms with Crippen molar-refractivity contribution in [1.82, 2.24) is 4.90 Å². The Balaban J connectivity index is 1.60. The number of carbonyl (C=O) groups is 1. The molecule has 7 heteroatoms. The highest BCUT2D eigenvalue weighted by atomic mass is 35.5. The number of halogens is 1. The van der Waals surface area contributed by atoms with E-state index in [0.717, 1.165) is 11.5 Å². The monoisotopic (exact) mass is 390 g/mol. The molecule has 0 aromatic heterocycles. The molecule has 0 saturated heterocycles. The van der Waals surface area contributed by atoms with Crippen molar-refractivity contribution in [1.29, 1.82) is 0 Å². The van der Waals surface area contributed by atoms with Crippen LogP contribution in [0.3, 0.4) is 0 Å². The lowest BCUT2D eigenvalue weighted by molar-refractivity contribution is -0.120. The fraction of sp³-hybridized carbons (Fsp3) is 0.350. The van der Waals surface area contributed by atoms with Gasteiger partial charge in [0, 0.05) is 11.6 Å². The van der Waals surface area contributed by atoms with Gasteiger partial charge >= 0.3 is 0 Å². The predicted molar refractivity (Wildman–Crippen MR) is 105 cm³/mol. The number of carbonyl (C=O) groups excluding carboxylic acids is 1. The van der Waals surface area contributed by atoms with Gasteiger partial charge in [-0.2, -0.15) is 0 Å². The third-order valence-corrected chi connectivity index (χ3v) is 4.75. The van der Waals surface area contributed by atoms with Crippen LogP contribution in [0.25, 0.3) is 0 Å². The number of nitrogens with one attached hydrogen (secondary N) is 1. The summed E-state index contributed by atoms with van der Waals surface area (Å²) in [4.78, 5) is 14.6. The third-order valence-electron chi connectivity index (χ3n) is 4.52. The molecule has 2 aromatic carbocycles. The van der Waals surface area contributed by atoms with Crippen LogP contribution in [0.5, 0.6) is 17.2 Å². The minimum atomic E-state index is -0.380. The van der Waals surface area contributed by atoms with Crippen LogP contribution in [0.4, 0.5) is 5.69 Å². The highest BCUT2D eigenvalue weighted by Crippen LogP contribution is 2.31. The minimum absolute atomic E-state index is 0.152. The molecule has 0 unspecified atom stereocenters. The van der Waals surface area contributed by atoms with Crippen molar-refractivity contribution in [3.63, 3.8) is 0 Å². The molecule has 1 amide bonds. The Hall–Kier alpha value is -2.44. The van der Waals surface area contributed by atoms with E-state index in [0.29, 0.717) is 29.6 Å². The van der Waals surface area contributed by atoms with Gasteiger partial charge in [-0.1, -0.05) is 23.7 Å². The van der Waals surface area contributed by atoms with Crippen LogP contribution in [0.15, 0.2) is 42.5 Å². The molecule has 0 aliphatic carbocycles. The van der Waals surface area contributed by atoms with Crippen LogP contribution in [0, 0.1) is 0 Å². The molecule has 1 aliphatic rings. The molecule has 27 heavy (non-hydrogen) atoms. The van der Waals surface area contributed by atoms with Gasteiger partial charge in [0.2, 0.25) is 5.91 Å². The first kappa shape index (κ1) is 19.3. The number of rotatable bonds is 6. The minimum Gasteiger partial charge on any atom is -0.495 e. The Kier molecular flexibility index (Phi) is 6.08. The summed E-state index contributed by atoms with van der Waals surface area (Å²) < 4.78 is 17.0. The lowest BCUT2D eigenvalue weighted by atomic mass is 10.2. The number of hydrogen-bond donors (Lipinski definition) is 1. The molecule has 0 spiro atoms. The molecule has 0 radical (unpaired) electrons. The molecule has 0 saturated carbocycles. The topological polar surface area (TPSA) is 60.0 Å². The average Bonchev–Trinajstić information content (AvgIpc) is 2.67. The molecule has 0 fully saturated rings. The van der Waals surface area contributed by atoms with E-state index in [2.05, 4.69) is 5.32 Å². The molecule has 144 valence electrons. The number of benzene rings is 2. The van der Waals surface area contributed by atoms with Crippen molar-refractivity contribution < 1.29 is 19.0 Å². The molecule has 1 aliphatic heterocycles. The Morgan fingerprint density at radius 2 is 2.07 bits per heavy atom. The third kappa shape index (κ3) is 4.64. The zero-order valence-electron chi connectivity index (χ0n) is 15.6. The van der Waals surface area contributed by atoms with Crippen LogP contribution >= 0.6 is 11.6 Å². The Morgan fingerprint density at radius 3 is 2.81 bits per heavy atom. The molecular formula is C20H23ClN2O4. The lowest BCUT2D eigenvalue weighted by Crippen LogP contribution is -2.46. The van der Waals surface area contributed by atoms with Gasteiger partial charge in [0.25, 0.3) is 0 Å². The number of nitrogens with zero attached hydrogens (tertiary/aromatic N) is 1. The molecular weight excluding hydrogens is 368 g/mol. The summed E-state index contributed by atoms with van der Waals surface area (Å²) in [5.41, 5.74) is 0.543. The number of amides is 1. The largest absolute Gasteiger partial charge is 0.495 e. The molecule has 2 aromatic rings. The number of likely N-dealkylation sites (N-methyl/N-ethyl adjacent to an activating group) is 1. The first-order valence-corrected chi connectivity index (χ1v) is 9.09. The van der Waals surface area contributed by atoms with E-state index in [9.17, 15) is 4.79 Å². The van der Waals surface area contributed by atoms with Crippen molar-refractivity contribution in [3.05, 3.63) is 47.5 Å². The first-order chi connectivity index (χ1) is 13.0. The van der Waals surface area contributed by atoms with Crippen LogP contribution in [-0.4, -0.2) is 50.3 Å². The lowest BCUT2D eigenvalue weighted by Gasteiger charge is -2.31. The van der Waals surface area contributed by atoms with E-state index in [4.69, 9.17) is 25.8 Å². The quantitative estimate of drug-likeness (QED) is 0.818. The predicted octanol–water partition coefficient (Wildman–Crippen LogP) is 3.45. The number of para-hydroxylation sites is 2. The summed E-state index contributed by atoms with van der Waals surface area (Å²) in [5.74, 6) is 1.87. The second-order valence-corrected chi connectivity index (χ2v) is 6.88. The van der Waals surface area contributed by atoms with Crippen LogP contribution in [0.1, 0.15) is 6.92 Å². The SMILES string of the molecule is COc1ccc(Cl)cc1NC(=O)[C@@H](C)N(C)C[C@@H]1COc2ccccc2O1. The number of methoxy groups -OCH3 is 1. The second kappa shape index (κ2) is 8.50. The van der Waals surface area contributed by atoms with Crippen LogP contribution < -0.4 is 19.5 Å². The summed E-state index contributed by atoms with van der Waals surface area (Å²) in [7, 11) is 3.43. The summed E-state index contributed by atoms with van der Waals surface area (Å²) in [6, 6.07) is 12.3. The average molecular weight is 391 g/mol. The van der Waals surface area contributed by atoms with Crippen LogP contribution in [-0.2, 0) is 4.79 Å². The van der Waals surface area contributed by atoms with E-state index in [1.807, 2.05) is 43.1 Å². The van der Waals surface area contributed by atoms with Crippen LogP contribution in [0.2, 0.25) is 5.02 Å². The molecule has 1 N–H and O–H groups in total. The van der Waals surface area contributed by atoms with Crippen molar-refractivity contribution in [2.24, 2.45) is 0 Å². The Labute approximate surface area is 164 Å². The fourth-order valence-electron chi connectivity index (χ4n) is 2.85. The number of anilines is 1. The van der Waals surface area contributed by atoms with E-state index in [1.165, 1.54) is 0 Å². The number of fused-ring (bicyclic) bond motifs is 1. The van der Waals surface area contributed by atoms with Gasteiger partial charge in [-0.25, -0.2) is 0 Å². The van der Waals surface area contributed by atoms with E-state index in [-0.39, 0.29) is 18.1 Å². The summed E-state index contributed by atoms with van der Waals surface area (Å²) >= 11 is 6.02. The summed E-state index contributed by atoms with van der Waals surface area (Å²) in [6.45, 7) is 2.83. The smallest absolute Gasteiger partial charge is 0.241 e. The maximum Gasteiger partial charge on any atom is 0.241 e. The zero-order valence-corrected chi connectivity index (χ0v) is 16.3. The van der Waals surface area contributed by atoms with Gasteiger partial charge in [0.05, 0.1) is 18.8 Å². The van der Waals surface area contributed by atoms with Gasteiger partial charge in [-0.05, 0) is 44.3 Å². The van der Waals surface area contributed by atoms with E-state index >= 15 is 0 Å². The highest BCUT2D eigenvalue weighted by molar-refractivity contribution is 6.31. The maximum atomic E-state index is 12.6. The van der Waals surface area contributed by atoms with E-state index < -0.39 is 0 Å². The van der Waals surface area contributed by atoms with Crippen molar-refractivity contribution >= 4 is 23.2 Å². The molecule has 3 rings (SSSR count). The molecule has 6 nitrogen and oxygen atoms in total. The van der Waals surface area contributed by atoms with Gasteiger partial charge in [-0.15, -0.1) is 0 Å². The van der Waals surface area contributed by atoms with Crippen molar-refractivity contribution in [2.45, 2.75) is 19.1 Å². The van der Waals surface area contributed by atoms with E-state index in [1.54, 1.807) is 25.3 Å². The summed E-state index contributed by atoms with van der Waals surface area (Å²) in [5, 5.41) is 3.40. The maximum absolute atomic E-state index is 12.6. The first-order valence-electron chi connectivity index (χ1n) is 8.71. The fourth-order valence-corrected chi connectivity index (χ4v) is 3.02. The second-order valence-electron chi connectivity index (χ2n) is 6.45. The molecule has 2 atom stereocenters.